The molecule has 0 unspecified atom stereocenters. The molecule has 0 radical (unpaired) electrons. The number of guanidine groups is 1. The van der Waals surface area contributed by atoms with Crippen LogP contribution in [0.15, 0.2) is 41.5 Å². The molecule has 0 spiro atoms. The third-order valence-corrected chi connectivity index (χ3v) is 4.02. The summed E-state index contributed by atoms with van der Waals surface area (Å²) < 4.78 is 21.5. The van der Waals surface area contributed by atoms with Gasteiger partial charge in [0.25, 0.3) is 0 Å². The van der Waals surface area contributed by atoms with Gasteiger partial charge in [0.05, 0.1) is 13.2 Å². The number of pyridine rings is 1. The highest BCUT2D eigenvalue weighted by atomic mass is 16.7. The highest BCUT2D eigenvalue weighted by molar-refractivity contribution is 5.79. The van der Waals surface area contributed by atoms with Gasteiger partial charge in [0.2, 0.25) is 12.7 Å². The second-order valence-corrected chi connectivity index (χ2v) is 6.05. The molecule has 8 nitrogen and oxygen atoms in total. The molecule has 150 valence electrons. The van der Waals surface area contributed by atoms with E-state index in [-0.39, 0.29) is 6.79 Å². The van der Waals surface area contributed by atoms with Crippen LogP contribution in [0.2, 0.25) is 0 Å². The van der Waals surface area contributed by atoms with E-state index in [1.807, 2.05) is 37.3 Å². The first-order valence-corrected chi connectivity index (χ1v) is 9.26. The first-order chi connectivity index (χ1) is 13.8. The molecule has 0 bridgehead atoms. The Morgan fingerprint density at radius 2 is 2.07 bits per heavy atom. The van der Waals surface area contributed by atoms with E-state index in [9.17, 15) is 0 Å². The van der Waals surface area contributed by atoms with Crippen molar-refractivity contribution in [3.63, 3.8) is 0 Å². The fraction of sp³-hybridized carbons (Fsp3) is 0.400. The normalized spacial score (nSPS) is 12.7. The minimum Gasteiger partial charge on any atom is -0.475 e. The second-order valence-electron chi connectivity index (χ2n) is 6.05. The quantitative estimate of drug-likeness (QED) is 0.388. The number of hydrogen-bond donors (Lipinski definition) is 2. The van der Waals surface area contributed by atoms with Crippen molar-refractivity contribution in [3.8, 4) is 17.4 Å². The van der Waals surface area contributed by atoms with Crippen LogP contribution in [-0.4, -0.2) is 44.6 Å². The fourth-order valence-electron chi connectivity index (χ4n) is 2.64. The lowest BCUT2D eigenvalue weighted by molar-refractivity contribution is 0.143. The van der Waals surface area contributed by atoms with Crippen LogP contribution >= 0.6 is 0 Å². The van der Waals surface area contributed by atoms with Gasteiger partial charge in [-0.1, -0.05) is 12.1 Å². The number of nitrogens with zero attached hydrogens (tertiary/aromatic N) is 2. The van der Waals surface area contributed by atoms with E-state index in [0.29, 0.717) is 38.1 Å². The lowest BCUT2D eigenvalue weighted by Crippen LogP contribution is -2.36. The number of nitrogens with one attached hydrogen (secondary N) is 2. The first-order valence-electron chi connectivity index (χ1n) is 9.26. The number of methoxy groups -OCH3 is 1. The topological polar surface area (TPSA) is 86.2 Å². The monoisotopic (exact) mass is 386 g/mol. The Morgan fingerprint density at radius 1 is 1.18 bits per heavy atom. The van der Waals surface area contributed by atoms with E-state index in [1.54, 1.807) is 13.3 Å². The molecule has 1 aliphatic heterocycles. The molecule has 0 saturated carbocycles. The summed E-state index contributed by atoms with van der Waals surface area (Å²) in [6, 6.07) is 9.72. The zero-order valence-electron chi connectivity index (χ0n) is 16.2. The Balaban J connectivity index is 1.61. The summed E-state index contributed by atoms with van der Waals surface area (Å²) in [5.74, 6) is 2.85. The minimum absolute atomic E-state index is 0.270. The molecule has 0 atom stereocenters. The Hall–Kier alpha value is -3.00. The summed E-state index contributed by atoms with van der Waals surface area (Å²) in [5, 5.41) is 6.57. The first kappa shape index (κ1) is 19.8. The minimum atomic E-state index is 0.270. The maximum Gasteiger partial charge on any atom is 0.231 e. The van der Waals surface area contributed by atoms with E-state index in [2.05, 4.69) is 20.6 Å². The Kier molecular flexibility index (Phi) is 7.31. The summed E-state index contributed by atoms with van der Waals surface area (Å²) in [5.41, 5.74) is 2.00. The Morgan fingerprint density at radius 3 is 2.93 bits per heavy atom. The third-order valence-electron chi connectivity index (χ3n) is 4.02. The molecule has 0 saturated heterocycles. The summed E-state index contributed by atoms with van der Waals surface area (Å²) in [6.45, 7) is 5.10. The number of aromatic nitrogens is 1. The van der Waals surface area contributed by atoms with Gasteiger partial charge >= 0.3 is 0 Å². The van der Waals surface area contributed by atoms with Crippen molar-refractivity contribution in [2.45, 2.75) is 20.0 Å². The molecule has 2 aromatic rings. The lowest BCUT2D eigenvalue weighted by atomic mass is 10.2. The molecule has 8 heteroatoms. The SMILES string of the molecule is CCNC(=NCc1ccc2c(c1)OCO2)NCc1cccnc1OCCOC. The summed E-state index contributed by atoms with van der Waals surface area (Å²) in [6.07, 6.45) is 1.71. The molecule has 2 N–H and O–H groups in total. The van der Waals surface area contributed by atoms with Crippen molar-refractivity contribution in [1.82, 2.24) is 15.6 Å². The van der Waals surface area contributed by atoms with Crippen molar-refractivity contribution >= 4 is 5.96 Å². The van der Waals surface area contributed by atoms with Gasteiger partial charge in [-0.05, 0) is 30.7 Å². The average Bonchev–Trinajstić information content (AvgIpc) is 3.19. The summed E-state index contributed by atoms with van der Waals surface area (Å²) in [4.78, 5) is 8.94. The third kappa shape index (κ3) is 5.50. The Bertz CT molecular complexity index is 798. The van der Waals surface area contributed by atoms with E-state index >= 15 is 0 Å². The predicted molar refractivity (Wildman–Crippen MR) is 106 cm³/mol. The van der Waals surface area contributed by atoms with Crippen LogP contribution in [0.4, 0.5) is 0 Å². The van der Waals surface area contributed by atoms with Gasteiger partial charge in [-0.25, -0.2) is 9.98 Å². The largest absolute Gasteiger partial charge is 0.475 e. The molecular weight excluding hydrogens is 360 g/mol. The summed E-state index contributed by atoms with van der Waals surface area (Å²) in [7, 11) is 1.64. The molecule has 1 aromatic heterocycles. The maximum absolute atomic E-state index is 5.68. The number of fused-ring (bicyclic) bond motifs is 1. The van der Waals surface area contributed by atoms with Crippen LogP contribution in [0.25, 0.3) is 0 Å². The molecule has 0 aliphatic carbocycles. The molecule has 3 rings (SSSR count). The molecule has 2 heterocycles. The van der Waals surface area contributed by atoms with Crippen molar-refractivity contribution < 1.29 is 18.9 Å². The molecular formula is C20H26N4O4. The van der Waals surface area contributed by atoms with Crippen molar-refractivity contribution in [2.24, 2.45) is 4.99 Å². The van der Waals surface area contributed by atoms with Crippen LogP contribution in [0.3, 0.4) is 0 Å². The molecule has 0 fully saturated rings. The molecule has 28 heavy (non-hydrogen) atoms. The predicted octanol–water partition coefficient (Wildman–Crippen LogP) is 2.09. The van der Waals surface area contributed by atoms with Gasteiger partial charge in [0.1, 0.15) is 6.61 Å². The van der Waals surface area contributed by atoms with Crippen molar-refractivity contribution in [1.29, 1.82) is 0 Å². The molecule has 1 aliphatic rings. The van der Waals surface area contributed by atoms with Gasteiger partial charge in [0.15, 0.2) is 17.5 Å². The summed E-state index contributed by atoms with van der Waals surface area (Å²) >= 11 is 0. The van der Waals surface area contributed by atoms with Crippen LogP contribution < -0.4 is 24.8 Å². The second kappa shape index (κ2) is 10.4. The Labute approximate surface area is 164 Å². The number of benzene rings is 1. The number of rotatable bonds is 9. The van der Waals surface area contributed by atoms with E-state index in [4.69, 9.17) is 18.9 Å². The number of hydrogen-bond acceptors (Lipinski definition) is 6. The fourth-order valence-corrected chi connectivity index (χ4v) is 2.64. The highest BCUT2D eigenvalue weighted by Crippen LogP contribution is 2.32. The number of ether oxygens (including phenoxy) is 4. The van der Waals surface area contributed by atoms with Gasteiger partial charge in [-0.15, -0.1) is 0 Å². The van der Waals surface area contributed by atoms with E-state index < -0.39 is 0 Å². The van der Waals surface area contributed by atoms with Crippen LogP contribution in [0.5, 0.6) is 17.4 Å². The molecule has 0 amide bonds. The lowest BCUT2D eigenvalue weighted by Gasteiger charge is -2.14. The maximum atomic E-state index is 5.68. The van der Waals surface area contributed by atoms with Crippen LogP contribution in [-0.2, 0) is 17.8 Å². The van der Waals surface area contributed by atoms with Gasteiger partial charge in [-0.2, -0.15) is 0 Å². The average molecular weight is 386 g/mol. The van der Waals surface area contributed by atoms with Gasteiger partial charge in [-0.3, -0.25) is 0 Å². The highest BCUT2D eigenvalue weighted by Gasteiger charge is 2.13. The smallest absolute Gasteiger partial charge is 0.231 e. The van der Waals surface area contributed by atoms with Crippen LogP contribution in [0.1, 0.15) is 18.1 Å². The number of aliphatic imine (C=N–C) groups is 1. The van der Waals surface area contributed by atoms with Crippen LogP contribution in [0, 0.1) is 0 Å². The van der Waals surface area contributed by atoms with Crippen molar-refractivity contribution in [2.75, 3.05) is 33.7 Å². The van der Waals surface area contributed by atoms with Gasteiger partial charge in [0, 0.05) is 32.0 Å². The zero-order chi connectivity index (χ0) is 19.6. The standard InChI is InChI=1S/C20H26N4O4/c1-3-21-20(23-12-15-6-7-17-18(11-15)28-14-27-17)24-13-16-5-4-8-22-19(16)26-10-9-25-2/h4-8,11H,3,9-10,12-14H2,1-2H3,(H2,21,23,24). The van der Waals surface area contributed by atoms with E-state index in [0.717, 1.165) is 29.2 Å². The van der Waals surface area contributed by atoms with Gasteiger partial charge < -0.3 is 29.6 Å². The van der Waals surface area contributed by atoms with E-state index in [1.165, 1.54) is 0 Å². The molecule has 1 aromatic carbocycles. The zero-order valence-corrected chi connectivity index (χ0v) is 16.2. The van der Waals surface area contributed by atoms with Crippen molar-refractivity contribution in [3.05, 3.63) is 47.7 Å².